The van der Waals surface area contributed by atoms with Crippen molar-refractivity contribution in [3.63, 3.8) is 0 Å². The van der Waals surface area contributed by atoms with Gasteiger partial charge in [-0.05, 0) is 49.7 Å². The van der Waals surface area contributed by atoms with Crippen molar-refractivity contribution in [1.82, 2.24) is 9.97 Å². The quantitative estimate of drug-likeness (QED) is 0.776. The van der Waals surface area contributed by atoms with Crippen LogP contribution in [0, 0.1) is 5.92 Å². The van der Waals surface area contributed by atoms with Crippen LogP contribution in [0.3, 0.4) is 0 Å². The Morgan fingerprint density at radius 3 is 2.76 bits per heavy atom. The molecule has 1 aromatic heterocycles. The average molecular weight is 283 g/mol. The first kappa shape index (κ1) is 14.3. The molecule has 2 fully saturated rings. The van der Waals surface area contributed by atoms with E-state index in [-0.39, 0.29) is 0 Å². The molecular formula is C18H25N3. The fraction of sp³-hybridized carbons (Fsp3) is 0.556. The molecule has 0 aliphatic heterocycles. The molecule has 0 bridgehead atoms. The van der Waals surface area contributed by atoms with Crippen molar-refractivity contribution < 1.29 is 0 Å². The highest BCUT2D eigenvalue weighted by molar-refractivity contribution is 5.71. The second-order valence-electron chi connectivity index (χ2n) is 6.29. The van der Waals surface area contributed by atoms with Gasteiger partial charge in [0.15, 0.2) is 0 Å². The fourth-order valence-electron chi connectivity index (χ4n) is 2.96. The molecule has 2 aliphatic carbocycles. The Bertz CT molecular complexity index is 511. The Balaban J connectivity index is 1.68. The first-order valence-corrected chi connectivity index (χ1v) is 8.27. The van der Waals surface area contributed by atoms with Crippen LogP contribution in [0.5, 0.6) is 0 Å². The number of hydrogen-bond donors (Lipinski definition) is 1. The average Bonchev–Trinajstić information content (AvgIpc) is 3.34. The van der Waals surface area contributed by atoms with Crippen LogP contribution in [0.25, 0.3) is 5.57 Å². The molecule has 0 unspecified atom stereocenters. The number of anilines is 1. The Morgan fingerprint density at radius 2 is 2.05 bits per heavy atom. The van der Waals surface area contributed by atoms with E-state index in [9.17, 15) is 0 Å². The standard InChI is InChI=1S/C18H25N3/c1-2-15(11-10-14-8-9-14)17-12-13-19-18(21-17)20-16-6-4-3-5-7-16/h2,11-14,16H,1,3-10H2,(H,19,20,21)/b15-11-. The van der Waals surface area contributed by atoms with Gasteiger partial charge in [-0.2, -0.15) is 0 Å². The van der Waals surface area contributed by atoms with E-state index < -0.39 is 0 Å². The van der Waals surface area contributed by atoms with Gasteiger partial charge in [0.05, 0.1) is 5.69 Å². The summed E-state index contributed by atoms with van der Waals surface area (Å²) in [7, 11) is 0. The van der Waals surface area contributed by atoms with Gasteiger partial charge in [0, 0.05) is 12.2 Å². The molecule has 0 saturated heterocycles. The molecule has 3 rings (SSSR count). The molecule has 3 nitrogen and oxygen atoms in total. The Labute approximate surface area is 127 Å². The Morgan fingerprint density at radius 1 is 1.24 bits per heavy atom. The molecular weight excluding hydrogens is 258 g/mol. The van der Waals surface area contributed by atoms with Crippen molar-refractivity contribution in [1.29, 1.82) is 0 Å². The molecule has 2 saturated carbocycles. The van der Waals surface area contributed by atoms with Crippen LogP contribution < -0.4 is 5.32 Å². The number of aromatic nitrogens is 2. The van der Waals surface area contributed by atoms with Gasteiger partial charge in [0.25, 0.3) is 0 Å². The van der Waals surface area contributed by atoms with Crippen LogP contribution in [0.2, 0.25) is 0 Å². The lowest BCUT2D eigenvalue weighted by atomic mass is 9.96. The van der Waals surface area contributed by atoms with E-state index in [4.69, 9.17) is 0 Å². The topological polar surface area (TPSA) is 37.8 Å². The molecule has 0 spiro atoms. The SMILES string of the molecule is C=C/C(=C/CC1CC1)c1ccnc(NC2CCCCC2)n1. The molecule has 0 atom stereocenters. The number of nitrogens with one attached hydrogen (secondary N) is 1. The van der Waals surface area contributed by atoms with Gasteiger partial charge in [0.1, 0.15) is 0 Å². The molecule has 0 amide bonds. The summed E-state index contributed by atoms with van der Waals surface area (Å²) in [6, 6.07) is 2.52. The summed E-state index contributed by atoms with van der Waals surface area (Å²) >= 11 is 0. The Hall–Kier alpha value is -1.64. The smallest absolute Gasteiger partial charge is 0.223 e. The summed E-state index contributed by atoms with van der Waals surface area (Å²) < 4.78 is 0. The van der Waals surface area contributed by atoms with Crippen molar-refractivity contribution in [2.45, 2.75) is 57.4 Å². The normalized spacial score (nSPS) is 20.3. The van der Waals surface area contributed by atoms with Crippen LogP contribution in [0.4, 0.5) is 5.95 Å². The second kappa shape index (κ2) is 6.88. The van der Waals surface area contributed by atoms with E-state index >= 15 is 0 Å². The second-order valence-corrected chi connectivity index (χ2v) is 6.29. The molecule has 1 heterocycles. The van der Waals surface area contributed by atoms with Gasteiger partial charge >= 0.3 is 0 Å². The highest BCUT2D eigenvalue weighted by atomic mass is 15.1. The minimum absolute atomic E-state index is 0.539. The van der Waals surface area contributed by atoms with Gasteiger partial charge in [-0.3, -0.25) is 0 Å². The molecule has 3 heteroatoms. The largest absolute Gasteiger partial charge is 0.351 e. The summed E-state index contributed by atoms with van der Waals surface area (Å²) in [4.78, 5) is 9.05. The predicted octanol–water partition coefficient (Wildman–Crippen LogP) is 4.59. The van der Waals surface area contributed by atoms with Crippen LogP contribution in [0.15, 0.2) is 31.0 Å². The predicted molar refractivity (Wildman–Crippen MR) is 88.0 cm³/mol. The van der Waals surface area contributed by atoms with Crippen molar-refractivity contribution in [3.05, 3.63) is 36.7 Å². The zero-order valence-electron chi connectivity index (χ0n) is 12.7. The Kier molecular flexibility index (Phi) is 4.69. The van der Waals surface area contributed by atoms with Gasteiger partial charge in [-0.25, -0.2) is 9.97 Å². The van der Waals surface area contributed by atoms with Crippen LogP contribution >= 0.6 is 0 Å². The highest BCUT2D eigenvalue weighted by Crippen LogP contribution is 2.33. The third-order valence-electron chi connectivity index (χ3n) is 4.48. The number of rotatable bonds is 6. The van der Waals surface area contributed by atoms with Gasteiger partial charge in [-0.15, -0.1) is 0 Å². The monoisotopic (exact) mass is 283 g/mol. The summed E-state index contributed by atoms with van der Waals surface area (Å²) in [6.45, 7) is 3.93. The zero-order chi connectivity index (χ0) is 14.5. The zero-order valence-corrected chi connectivity index (χ0v) is 12.7. The van der Waals surface area contributed by atoms with E-state index in [1.165, 1.54) is 44.9 Å². The maximum Gasteiger partial charge on any atom is 0.223 e. The summed E-state index contributed by atoms with van der Waals surface area (Å²) in [6.07, 6.45) is 16.4. The first-order valence-electron chi connectivity index (χ1n) is 8.27. The lowest BCUT2D eigenvalue weighted by molar-refractivity contribution is 0.461. The van der Waals surface area contributed by atoms with Gasteiger partial charge in [-0.1, -0.05) is 38.0 Å². The molecule has 1 N–H and O–H groups in total. The van der Waals surface area contributed by atoms with Crippen LogP contribution in [-0.2, 0) is 0 Å². The van der Waals surface area contributed by atoms with Gasteiger partial charge in [0.2, 0.25) is 5.95 Å². The summed E-state index contributed by atoms with van der Waals surface area (Å²) in [5, 5.41) is 3.49. The lowest BCUT2D eigenvalue weighted by Crippen LogP contribution is -2.23. The van der Waals surface area contributed by atoms with Gasteiger partial charge < -0.3 is 5.32 Å². The lowest BCUT2D eigenvalue weighted by Gasteiger charge is -2.22. The van der Waals surface area contributed by atoms with E-state index in [1.807, 2.05) is 18.3 Å². The number of nitrogens with zero attached hydrogens (tertiary/aromatic N) is 2. The summed E-state index contributed by atoms with van der Waals surface area (Å²) in [5.74, 6) is 1.65. The van der Waals surface area contributed by atoms with E-state index in [2.05, 4.69) is 27.9 Å². The molecule has 0 radical (unpaired) electrons. The third-order valence-corrected chi connectivity index (χ3v) is 4.48. The van der Waals surface area contributed by atoms with E-state index in [0.29, 0.717) is 6.04 Å². The van der Waals surface area contributed by atoms with Crippen molar-refractivity contribution in [3.8, 4) is 0 Å². The maximum absolute atomic E-state index is 4.67. The molecule has 1 aromatic rings. The fourth-order valence-corrected chi connectivity index (χ4v) is 2.96. The summed E-state index contributed by atoms with van der Waals surface area (Å²) in [5.41, 5.74) is 2.12. The van der Waals surface area contributed by atoms with Crippen LogP contribution in [0.1, 0.15) is 57.1 Å². The van der Waals surface area contributed by atoms with E-state index in [0.717, 1.165) is 29.6 Å². The molecule has 112 valence electrons. The molecule has 0 aromatic carbocycles. The number of hydrogen-bond acceptors (Lipinski definition) is 3. The maximum atomic E-state index is 4.67. The number of allylic oxidation sites excluding steroid dienone is 3. The minimum atomic E-state index is 0.539. The van der Waals surface area contributed by atoms with E-state index in [1.54, 1.807) is 0 Å². The highest BCUT2D eigenvalue weighted by Gasteiger charge is 2.19. The first-order chi connectivity index (χ1) is 10.3. The molecule has 21 heavy (non-hydrogen) atoms. The third kappa shape index (κ3) is 4.16. The van der Waals surface area contributed by atoms with Crippen molar-refractivity contribution in [2.24, 2.45) is 5.92 Å². The molecule has 2 aliphatic rings. The van der Waals surface area contributed by atoms with Crippen molar-refractivity contribution in [2.75, 3.05) is 5.32 Å². The minimum Gasteiger partial charge on any atom is -0.351 e. The van der Waals surface area contributed by atoms with Crippen molar-refractivity contribution >= 4 is 11.5 Å². The van der Waals surface area contributed by atoms with Crippen LogP contribution in [-0.4, -0.2) is 16.0 Å².